The minimum Gasteiger partial charge on any atom is -0.356 e. The SMILES string of the molecule is CCCNC(=O)CC(CN)N(C)C(C)c1ccccc1Cl. The molecule has 2 unspecified atom stereocenters. The van der Waals surface area contributed by atoms with Crippen molar-refractivity contribution in [2.45, 2.75) is 38.8 Å². The molecule has 1 aromatic rings. The molecule has 118 valence electrons. The molecule has 3 N–H and O–H groups in total. The van der Waals surface area contributed by atoms with Gasteiger partial charge in [-0.3, -0.25) is 9.69 Å². The number of halogens is 1. The molecule has 0 aliphatic heterocycles. The minimum absolute atomic E-state index is 0.00636. The Morgan fingerprint density at radius 3 is 2.67 bits per heavy atom. The lowest BCUT2D eigenvalue weighted by Crippen LogP contribution is -2.43. The Morgan fingerprint density at radius 2 is 2.10 bits per heavy atom. The van der Waals surface area contributed by atoms with Crippen LogP contribution in [0.1, 0.15) is 38.3 Å². The first-order valence-corrected chi connectivity index (χ1v) is 7.82. The maximum Gasteiger partial charge on any atom is 0.221 e. The van der Waals surface area contributed by atoms with Gasteiger partial charge < -0.3 is 11.1 Å². The topological polar surface area (TPSA) is 58.4 Å². The summed E-state index contributed by atoms with van der Waals surface area (Å²) in [5, 5.41) is 3.63. The average molecular weight is 312 g/mol. The van der Waals surface area contributed by atoms with Gasteiger partial charge in [-0.2, -0.15) is 0 Å². The van der Waals surface area contributed by atoms with E-state index in [1.54, 1.807) is 0 Å². The highest BCUT2D eigenvalue weighted by molar-refractivity contribution is 6.31. The molecule has 2 atom stereocenters. The van der Waals surface area contributed by atoms with Gasteiger partial charge in [-0.25, -0.2) is 0 Å². The number of carbonyl (C=O) groups excluding carboxylic acids is 1. The number of hydrogen-bond donors (Lipinski definition) is 2. The summed E-state index contributed by atoms with van der Waals surface area (Å²) < 4.78 is 0. The molecule has 0 radical (unpaired) electrons. The van der Waals surface area contributed by atoms with Gasteiger partial charge >= 0.3 is 0 Å². The van der Waals surface area contributed by atoms with E-state index in [1.165, 1.54) is 0 Å². The summed E-state index contributed by atoms with van der Waals surface area (Å²) in [6.07, 6.45) is 1.34. The lowest BCUT2D eigenvalue weighted by Gasteiger charge is -2.32. The predicted molar refractivity (Wildman–Crippen MR) is 88.4 cm³/mol. The second-order valence-corrected chi connectivity index (χ2v) is 5.71. The van der Waals surface area contributed by atoms with Crippen molar-refractivity contribution >= 4 is 17.5 Å². The van der Waals surface area contributed by atoms with Crippen LogP contribution in [0.15, 0.2) is 24.3 Å². The number of nitrogens with zero attached hydrogens (tertiary/aromatic N) is 1. The number of nitrogens with one attached hydrogen (secondary N) is 1. The Labute approximate surface area is 132 Å². The molecule has 0 saturated carbocycles. The van der Waals surface area contributed by atoms with Crippen molar-refractivity contribution in [2.75, 3.05) is 20.1 Å². The van der Waals surface area contributed by atoms with Crippen LogP contribution in [0.2, 0.25) is 5.02 Å². The molecule has 0 aliphatic carbocycles. The number of amides is 1. The molecule has 0 spiro atoms. The largest absolute Gasteiger partial charge is 0.356 e. The molecule has 4 nitrogen and oxygen atoms in total. The minimum atomic E-state index is -0.00636. The smallest absolute Gasteiger partial charge is 0.221 e. The van der Waals surface area contributed by atoms with Gasteiger partial charge in [0.2, 0.25) is 5.91 Å². The molecular formula is C16H26ClN3O. The Morgan fingerprint density at radius 1 is 1.43 bits per heavy atom. The fraction of sp³-hybridized carbons (Fsp3) is 0.562. The molecule has 21 heavy (non-hydrogen) atoms. The van der Waals surface area contributed by atoms with Gasteiger partial charge in [-0.05, 0) is 32.0 Å². The summed E-state index contributed by atoms with van der Waals surface area (Å²) in [5.74, 6) is 0.0468. The highest BCUT2D eigenvalue weighted by Gasteiger charge is 2.23. The van der Waals surface area contributed by atoms with Gasteiger partial charge in [0.15, 0.2) is 0 Å². The van der Waals surface area contributed by atoms with Gasteiger partial charge in [0, 0.05) is 36.6 Å². The summed E-state index contributed by atoms with van der Waals surface area (Å²) in [6.45, 7) is 5.25. The zero-order chi connectivity index (χ0) is 15.8. The Kier molecular flexibility index (Phi) is 7.72. The van der Waals surface area contributed by atoms with Crippen LogP contribution in [0.5, 0.6) is 0 Å². The van der Waals surface area contributed by atoms with E-state index < -0.39 is 0 Å². The monoisotopic (exact) mass is 311 g/mol. The van der Waals surface area contributed by atoms with Crippen molar-refractivity contribution in [3.05, 3.63) is 34.9 Å². The molecule has 0 fully saturated rings. The molecule has 1 aromatic carbocycles. The maximum atomic E-state index is 11.9. The van der Waals surface area contributed by atoms with E-state index in [2.05, 4.69) is 17.1 Å². The molecular weight excluding hydrogens is 286 g/mol. The van der Waals surface area contributed by atoms with Gasteiger partial charge in [0.25, 0.3) is 0 Å². The summed E-state index contributed by atoms with van der Waals surface area (Å²) in [6, 6.07) is 7.87. The van der Waals surface area contributed by atoms with Crippen molar-refractivity contribution in [3.63, 3.8) is 0 Å². The first kappa shape index (κ1) is 18.0. The molecule has 1 rings (SSSR count). The van der Waals surface area contributed by atoms with Crippen molar-refractivity contribution in [1.82, 2.24) is 10.2 Å². The first-order valence-electron chi connectivity index (χ1n) is 7.44. The second-order valence-electron chi connectivity index (χ2n) is 5.31. The van der Waals surface area contributed by atoms with Crippen LogP contribution in [0, 0.1) is 0 Å². The van der Waals surface area contributed by atoms with E-state index >= 15 is 0 Å². The molecule has 0 heterocycles. The third-order valence-corrected chi connectivity index (χ3v) is 4.15. The summed E-state index contributed by atoms with van der Waals surface area (Å²) in [5.41, 5.74) is 6.90. The van der Waals surface area contributed by atoms with Crippen molar-refractivity contribution < 1.29 is 4.79 Å². The third kappa shape index (κ3) is 5.30. The highest BCUT2D eigenvalue weighted by Crippen LogP contribution is 2.27. The summed E-state index contributed by atoms with van der Waals surface area (Å²) in [4.78, 5) is 14.0. The number of rotatable bonds is 8. The van der Waals surface area contributed by atoms with E-state index in [1.807, 2.05) is 38.2 Å². The fourth-order valence-corrected chi connectivity index (χ4v) is 2.59. The normalized spacial score (nSPS) is 14.0. The molecule has 0 bridgehead atoms. The van der Waals surface area contributed by atoms with Crippen molar-refractivity contribution in [2.24, 2.45) is 5.73 Å². The van der Waals surface area contributed by atoms with Crippen LogP contribution in [-0.4, -0.2) is 37.0 Å². The molecule has 1 amide bonds. The molecule has 0 aromatic heterocycles. The van der Waals surface area contributed by atoms with Crippen LogP contribution in [0.4, 0.5) is 0 Å². The fourth-order valence-electron chi connectivity index (χ4n) is 2.29. The van der Waals surface area contributed by atoms with Crippen LogP contribution >= 0.6 is 11.6 Å². The number of benzene rings is 1. The van der Waals surface area contributed by atoms with Crippen molar-refractivity contribution in [3.8, 4) is 0 Å². The lowest BCUT2D eigenvalue weighted by molar-refractivity contribution is -0.122. The second kappa shape index (κ2) is 9.03. The van der Waals surface area contributed by atoms with Crippen LogP contribution < -0.4 is 11.1 Å². The molecule has 0 saturated heterocycles. The Hall–Kier alpha value is -1.10. The van der Waals surface area contributed by atoms with Gasteiger partial charge in [-0.1, -0.05) is 36.7 Å². The van der Waals surface area contributed by atoms with E-state index in [0.717, 1.165) is 17.0 Å². The summed E-state index contributed by atoms with van der Waals surface area (Å²) >= 11 is 6.25. The number of hydrogen-bond acceptors (Lipinski definition) is 3. The van der Waals surface area contributed by atoms with Crippen LogP contribution in [-0.2, 0) is 4.79 Å². The van der Waals surface area contributed by atoms with Crippen LogP contribution in [0.25, 0.3) is 0 Å². The lowest BCUT2D eigenvalue weighted by atomic mass is 10.0. The number of nitrogens with two attached hydrogens (primary N) is 1. The zero-order valence-corrected chi connectivity index (χ0v) is 13.9. The van der Waals surface area contributed by atoms with Crippen LogP contribution in [0.3, 0.4) is 0 Å². The Balaban J connectivity index is 2.72. The number of likely N-dealkylation sites (N-methyl/N-ethyl adjacent to an activating group) is 1. The predicted octanol–water partition coefficient (Wildman–Crippen LogP) is 2.58. The summed E-state index contributed by atoms with van der Waals surface area (Å²) in [7, 11) is 1.98. The first-order chi connectivity index (χ1) is 10.0. The van der Waals surface area contributed by atoms with Gasteiger partial charge in [0.05, 0.1) is 0 Å². The highest BCUT2D eigenvalue weighted by atomic mass is 35.5. The van der Waals surface area contributed by atoms with Crippen molar-refractivity contribution in [1.29, 1.82) is 0 Å². The number of carbonyl (C=O) groups is 1. The Bertz CT molecular complexity index is 453. The standard InChI is InChI=1S/C16H26ClN3O/c1-4-9-19-16(21)10-13(11-18)20(3)12(2)14-7-5-6-8-15(14)17/h5-8,12-13H,4,9-11,18H2,1-3H3,(H,19,21). The van der Waals surface area contributed by atoms with E-state index in [4.69, 9.17) is 17.3 Å². The quantitative estimate of drug-likeness (QED) is 0.776. The van der Waals surface area contributed by atoms with E-state index in [-0.39, 0.29) is 18.0 Å². The van der Waals surface area contributed by atoms with E-state index in [0.29, 0.717) is 19.5 Å². The van der Waals surface area contributed by atoms with Gasteiger partial charge in [0.1, 0.15) is 0 Å². The maximum absolute atomic E-state index is 11.9. The zero-order valence-electron chi connectivity index (χ0n) is 13.1. The molecule has 5 heteroatoms. The third-order valence-electron chi connectivity index (χ3n) is 3.81. The average Bonchev–Trinajstić information content (AvgIpc) is 2.49. The van der Waals surface area contributed by atoms with E-state index in [9.17, 15) is 4.79 Å². The van der Waals surface area contributed by atoms with Gasteiger partial charge in [-0.15, -0.1) is 0 Å². The molecule has 0 aliphatic rings.